The van der Waals surface area contributed by atoms with E-state index in [9.17, 15) is 4.79 Å². The fraction of sp³-hybridized carbons (Fsp3) is 0.364. The van der Waals surface area contributed by atoms with Gasteiger partial charge in [-0.15, -0.1) is 0 Å². The van der Waals surface area contributed by atoms with Crippen LogP contribution in [0.1, 0.15) is 31.2 Å². The number of carbonyl (C=O) groups excluding carboxylic acids is 1. The highest BCUT2D eigenvalue weighted by Crippen LogP contribution is 2.37. The maximum Gasteiger partial charge on any atom is 0.249 e. The average Bonchev–Trinajstić information content (AvgIpc) is 2.67. The normalized spacial score (nSPS) is 17.9. The summed E-state index contributed by atoms with van der Waals surface area (Å²) >= 11 is 5.44. The molecule has 1 amide bonds. The number of rotatable bonds is 6. The van der Waals surface area contributed by atoms with Crippen LogP contribution in [-0.4, -0.2) is 31.7 Å². The van der Waals surface area contributed by atoms with E-state index in [1.807, 2.05) is 24.3 Å². The smallest absolute Gasteiger partial charge is 0.249 e. The third-order valence-corrected chi connectivity index (χ3v) is 5.45. The first-order valence-corrected chi connectivity index (χ1v) is 9.65. The van der Waals surface area contributed by atoms with Gasteiger partial charge < -0.3 is 14.8 Å². The van der Waals surface area contributed by atoms with Crippen molar-refractivity contribution in [1.29, 1.82) is 0 Å². The first kappa shape index (κ1) is 19.5. The molecule has 4 nitrogen and oxygen atoms in total. The number of hydrogen-bond donors (Lipinski definition) is 1. The molecule has 142 valence electrons. The van der Waals surface area contributed by atoms with Gasteiger partial charge in [0.05, 0.1) is 12.1 Å². The summed E-state index contributed by atoms with van der Waals surface area (Å²) < 4.78 is 10.9. The van der Waals surface area contributed by atoms with Crippen molar-refractivity contribution in [3.05, 3.63) is 48.0 Å². The molecule has 1 heterocycles. The van der Waals surface area contributed by atoms with Gasteiger partial charge in [-0.1, -0.05) is 48.6 Å². The molecule has 1 N–H and O–H groups in total. The van der Waals surface area contributed by atoms with Crippen molar-refractivity contribution in [2.24, 2.45) is 5.92 Å². The van der Waals surface area contributed by atoms with Crippen molar-refractivity contribution in [2.75, 3.05) is 20.8 Å². The van der Waals surface area contributed by atoms with Gasteiger partial charge in [0.2, 0.25) is 5.91 Å². The van der Waals surface area contributed by atoms with Crippen molar-refractivity contribution in [3.63, 3.8) is 0 Å². The highest BCUT2D eigenvalue weighted by molar-refractivity contribution is 7.80. The van der Waals surface area contributed by atoms with Gasteiger partial charge in [0.25, 0.3) is 0 Å². The SMILES string of the molecule is COCCCC1CCC(c2ccc3ccccc3c2OC)=CC(=O)NC1=S. The van der Waals surface area contributed by atoms with Crippen LogP contribution >= 0.6 is 12.2 Å². The van der Waals surface area contributed by atoms with E-state index in [4.69, 9.17) is 21.7 Å². The van der Waals surface area contributed by atoms with Crippen molar-refractivity contribution >= 4 is 39.5 Å². The number of hydrogen-bond acceptors (Lipinski definition) is 4. The largest absolute Gasteiger partial charge is 0.495 e. The molecular formula is C22H25NO3S. The minimum absolute atomic E-state index is 0.165. The maximum absolute atomic E-state index is 12.4. The Morgan fingerprint density at radius 2 is 2.00 bits per heavy atom. The van der Waals surface area contributed by atoms with E-state index >= 15 is 0 Å². The molecule has 2 aromatic rings. The summed E-state index contributed by atoms with van der Waals surface area (Å²) in [5.74, 6) is 0.821. The van der Waals surface area contributed by atoms with Crippen LogP contribution < -0.4 is 10.1 Å². The summed E-state index contributed by atoms with van der Waals surface area (Å²) in [7, 11) is 3.38. The first-order chi connectivity index (χ1) is 13.1. The van der Waals surface area contributed by atoms with Crippen LogP contribution in [0.15, 0.2) is 42.5 Å². The number of carbonyl (C=O) groups is 1. The Kier molecular flexibility index (Phi) is 6.58. The van der Waals surface area contributed by atoms with Crippen molar-refractivity contribution in [3.8, 4) is 5.75 Å². The van der Waals surface area contributed by atoms with E-state index in [1.165, 1.54) is 0 Å². The lowest BCUT2D eigenvalue weighted by atomic mass is 9.89. The Morgan fingerprint density at radius 1 is 1.19 bits per heavy atom. The number of thiocarbonyl (C=S) groups is 1. The van der Waals surface area contributed by atoms with Crippen molar-refractivity contribution in [2.45, 2.75) is 25.7 Å². The van der Waals surface area contributed by atoms with Gasteiger partial charge in [0, 0.05) is 36.7 Å². The maximum atomic E-state index is 12.4. The molecule has 3 rings (SSSR count). The molecule has 0 bridgehead atoms. The third kappa shape index (κ3) is 4.54. The molecular weight excluding hydrogens is 358 g/mol. The van der Waals surface area contributed by atoms with Gasteiger partial charge >= 0.3 is 0 Å². The summed E-state index contributed by atoms with van der Waals surface area (Å²) in [5.41, 5.74) is 1.95. The van der Waals surface area contributed by atoms with E-state index in [-0.39, 0.29) is 11.8 Å². The minimum atomic E-state index is -0.165. The van der Waals surface area contributed by atoms with Gasteiger partial charge in [0.1, 0.15) is 5.75 Å². The number of amides is 1. The van der Waals surface area contributed by atoms with Gasteiger partial charge in [-0.2, -0.15) is 0 Å². The lowest BCUT2D eigenvalue weighted by molar-refractivity contribution is -0.115. The summed E-state index contributed by atoms with van der Waals surface area (Å²) in [6.07, 6.45) is 5.17. The van der Waals surface area contributed by atoms with Crippen LogP contribution in [0.2, 0.25) is 0 Å². The first-order valence-electron chi connectivity index (χ1n) is 9.24. The molecule has 27 heavy (non-hydrogen) atoms. The number of benzene rings is 2. The Morgan fingerprint density at radius 3 is 2.78 bits per heavy atom. The second kappa shape index (κ2) is 9.11. The van der Waals surface area contributed by atoms with E-state index in [0.717, 1.165) is 53.3 Å². The summed E-state index contributed by atoms with van der Waals surface area (Å²) in [6, 6.07) is 12.2. The lowest BCUT2D eigenvalue weighted by Crippen LogP contribution is -2.34. The predicted molar refractivity (Wildman–Crippen MR) is 113 cm³/mol. The quantitative estimate of drug-likeness (QED) is 0.589. The topological polar surface area (TPSA) is 47.6 Å². The lowest BCUT2D eigenvalue weighted by Gasteiger charge is -2.23. The standard InChI is InChI=1S/C22H25NO3S/c1-25-13-5-7-16-9-10-17(14-20(24)23-22(16)27)19-12-11-15-6-3-4-8-18(15)21(19)26-2/h3-4,6,8,11-12,14,16H,5,7,9-10,13H2,1-2H3,(H,23,24,27). The van der Waals surface area contributed by atoms with Crippen molar-refractivity contribution in [1.82, 2.24) is 5.32 Å². The third-order valence-electron chi connectivity index (χ3n) is 5.02. The molecule has 0 aromatic heterocycles. The van der Waals surface area contributed by atoms with Crippen LogP contribution in [0.25, 0.3) is 16.3 Å². The number of allylic oxidation sites excluding steroid dienone is 1. The fourth-order valence-corrected chi connectivity index (χ4v) is 3.96. The molecule has 0 saturated carbocycles. The Hall–Kier alpha value is -2.24. The van der Waals surface area contributed by atoms with E-state index < -0.39 is 0 Å². The Bertz CT molecular complexity index is 875. The molecule has 1 aliphatic rings. The molecule has 5 heteroatoms. The van der Waals surface area contributed by atoms with E-state index in [2.05, 4.69) is 17.4 Å². The van der Waals surface area contributed by atoms with Gasteiger partial charge in [-0.3, -0.25) is 4.79 Å². The van der Waals surface area contributed by atoms with Crippen molar-refractivity contribution < 1.29 is 14.3 Å². The number of nitrogens with one attached hydrogen (secondary N) is 1. The molecule has 2 aromatic carbocycles. The zero-order chi connectivity index (χ0) is 19.2. The van der Waals surface area contributed by atoms with Gasteiger partial charge in [-0.25, -0.2) is 0 Å². The van der Waals surface area contributed by atoms with Crippen LogP contribution in [0, 0.1) is 5.92 Å². The number of ether oxygens (including phenoxy) is 2. The molecule has 0 fully saturated rings. The molecule has 0 radical (unpaired) electrons. The number of fused-ring (bicyclic) bond motifs is 1. The van der Waals surface area contributed by atoms with Crippen LogP contribution in [0.5, 0.6) is 5.75 Å². The Labute approximate surface area is 165 Å². The minimum Gasteiger partial charge on any atom is -0.495 e. The monoisotopic (exact) mass is 383 g/mol. The summed E-state index contributed by atoms with van der Waals surface area (Å²) in [6.45, 7) is 0.703. The zero-order valence-electron chi connectivity index (χ0n) is 15.8. The fourth-order valence-electron chi connectivity index (χ4n) is 3.63. The van der Waals surface area contributed by atoms with Gasteiger partial charge in [0.15, 0.2) is 0 Å². The molecule has 1 aliphatic heterocycles. The number of methoxy groups -OCH3 is 2. The second-order valence-corrected chi connectivity index (χ2v) is 7.20. The summed E-state index contributed by atoms with van der Waals surface area (Å²) in [4.78, 5) is 13.1. The molecule has 0 spiro atoms. The molecule has 0 aliphatic carbocycles. The van der Waals surface area contributed by atoms with E-state index in [1.54, 1.807) is 20.3 Å². The van der Waals surface area contributed by atoms with Crippen LogP contribution in [-0.2, 0) is 9.53 Å². The average molecular weight is 384 g/mol. The molecule has 0 saturated heterocycles. The highest BCUT2D eigenvalue weighted by Gasteiger charge is 2.22. The zero-order valence-corrected chi connectivity index (χ0v) is 16.6. The summed E-state index contributed by atoms with van der Waals surface area (Å²) in [5, 5.41) is 5.03. The molecule has 1 atom stereocenters. The Balaban J connectivity index is 1.92. The van der Waals surface area contributed by atoms with Gasteiger partial charge in [-0.05, 0) is 36.6 Å². The van der Waals surface area contributed by atoms with Crippen LogP contribution in [0.4, 0.5) is 0 Å². The second-order valence-electron chi connectivity index (χ2n) is 6.76. The predicted octanol–water partition coefficient (Wildman–Crippen LogP) is 4.51. The van der Waals surface area contributed by atoms with Crippen LogP contribution in [0.3, 0.4) is 0 Å². The highest BCUT2D eigenvalue weighted by atomic mass is 32.1. The molecule has 1 unspecified atom stereocenters. The van der Waals surface area contributed by atoms with E-state index in [0.29, 0.717) is 11.6 Å².